The number of piperidine rings is 1. The average Bonchev–Trinajstić information content (AvgIpc) is 3.27. The normalized spacial score (nSPS) is 16.8. The van der Waals surface area contributed by atoms with Crippen molar-refractivity contribution in [3.05, 3.63) is 53.4 Å². The van der Waals surface area contributed by atoms with Crippen LogP contribution in [0.4, 0.5) is 5.82 Å². The number of benzene rings is 1. The van der Waals surface area contributed by atoms with E-state index in [9.17, 15) is 9.90 Å². The van der Waals surface area contributed by atoms with Crippen LogP contribution in [-0.4, -0.2) is 51.2 Å². The molecule has 0 radical (unpaired) electrons. The number of amides is 1. The Bertz CT molecular complexity index is 1050. The van der Waals surface area contributed by atoms with Crippen LogP contribution in [0, 0.1) is 0 Å². The minimum atomic E-state index is -0.563. The third kappa shape index (κ3) is 5.20. The van der Waals surface area contributed by atoms with Gasteiger partial charge in [-0.15, -0.1) is 0 Å². The topological polar surface area (TPSA) is 120 Å². The number of aromatic nitrogens is 3. The summed E-state index contributed by atoms with van der Waals surface area (Å²) in [5.74, 6) is 0.823. The number of nitrogens with two attached hydrogens (primary N) is 1. The van der Waals surface area contributed by atoms with E-state index in [0.717, 1.165) is 35.5 Å². The predicted molar refractivity (Wildman–Crippen MR) is 126 cm³/mol. The zero-order valence-corrected chi connectivity index (χ0v) is 18.7. The first-order valence-corrected chi connectivity index (χ1v) is 11.3. The standard InChI is InChI=1S/C23H29ClN6O2/c24-17-5-3-16(4-6-17)19(2-1-13-31)29-20(32)14-23(25)8-11-30(12-9-23)22-18-7-10-26-21(18)27-15-28-22/h3-7,10,15,19,31H,1-2,8-9,11-14,25H2,(H,29,32)(H,26,27,28)/t19-/m1/s1. The van der Waals surface area contributed by atoms with Crippen molar-refractivity contribution in [1.29, 1.82) is 0 Å². The van der Waals surface area contributed by atoms with Gasteiger partial charge in [0.1, 0.15) is 17.8 Å². The summed E-state index contributed by atoms with van der Waals surface area (Å²) in [5, 5.41) is 14.0. The van der Waals surface area contributed by atoms with Gasteiger partial charge in [-0.25, -0.2) is 9.97 Å². The van der Waals surface area contributed by atoms with Gasteiger partial charge >= 0.3 is 0 Å². The summed E-state index contributed by atoms with van der Waals surface area (Å²) < 4.78 is 0. The summed E-state index contributed by atoms with van der Waals surface area (Å²) in [6.45, 7) is 1.53. The Morgan fingerprint density at radius 2 is 2.00 bits per heavy atom. The number of rotatable bonds is 8. The molecule has 32 heavy (non-hydrogen) atoms. The van der Waals surface area contributed by atoms with Gasteiger partial charge in [0.25, 0.3) is 0 Å². The summed E-state index contributed by atoms with van der Waals surface area (Å²) >= 11 is 6.00. The number of aliphatic hydroxyl groups is 1. The van der Waals surface area contributed by atoms with Gasteiger partial charge in [0.05, 0.1) is 11.4 Å². The number of anilines is 1. The fraction of sp³-hybridized carbons (Fsp3) is 0.435. The van der Waals surface area contributed by atoms with Crippen molar-refractivity contribution in [3.63, 3.8) is 0 Å². The van der Waals surface area contributed by atoms with Crippen LogP contribution in [0.15, 0.2) is 42.9 Å². The van der Waals surface area contributed by atoms with Gasteiger partial charge in [-0.1, -0.05) is 23.7 Å². The van der Waals surface area contributed by atoms with E-state index in [1.165, 1.54) is 0 Å². The molecule has 1 aliphatic heterocycles. The molecule has 1 amide bonds. The van der Waals surface area contributed by atoms with Crippen LogP contribution in [-0.2, 0) is 4.79 Å². The molecule has 9 heteroatoms. The van der Waals surface area contributed by atoms with Gasteiger partial charge in [0.15, 0.2) is 0 Å². The predicted octanol–water partition coefficient (Wildman–Crippen LogP) is 2.93. The Hall–Kier alpha value is -2.68. The van der Waals surface area contributed by atoms with Gasteiger partial charge in [-0.3, -0.25) is 4.79 Å². The minimum Gasteiger partial charge on any atom is -0.396 e. The highest BCUT2D eigenvalue weighted by atomic mass is 35.5. The number of aromatic amines is 1. The van der Waals surface area contributed by atoms with Crippen LogP contribution in [0.5, 0.6) is 0 Å². The lowest BCUT2D eigenvalue weighted by atomic mass is 9.85. The van der Waals surface area contributed by atoms with E-state index in [2.05, 4.69) is 25.2 Å². The molecule has 1 fully saturated rings. The van der Waals surface area contributed by atoms with Gasteiger partial charge < -0.3 is 26.0 Å². The fourth-order valence-corrected chi connectivity index (χ4v) is 4.46. The molecule has 5 N–H and O–H groups in total. The third-order valence-corrected chi connectivity index (χ3v) is 6.41. The molecule has 1 aliphatic rings. The number of hydrogen-bond donors (Lipinski definition) is 4. The van der Waals surface area contributed by atoms with Gasteiger partial charge in [-0.05, 0) is 49.4 Å². The maximum absolute atomic E-state index is 12.9. The molecular weight excluding hydrogens is 428 g/mol. The van der Waals surface area contributed by atoms with E-state index in [-0.39, 0.29) is 25.0 Å². The Balaban J connectivity index is 1.37. The summed E-state index contributed by atoms with van der Waals surface area (Å²) in [5.41, 5.74) is 7.86. The molecule has 1 aromatic carbocycles. The molecule has 0 unspecified atom stereocenters. The van der Waals surface area contributed by atoms with Gasteiger partial charge in [0, 0.05) is 42.9 Å². The van der Waals surface area contributed by atoms with Crippen molar-refractivity contribution in [2.75, 3.05) is 24.6 Å². The quantitative estimate of drug-likeness (QED) is 0.413. The van der Waals surface area contributed by atoms with E-state index in [0.29, 0.717) is 30.7 Å². The third-order valence-electron chi connectivity index (χ3n) is 6.16. The lowest BCUT2D eigenvalue weighted by Gasteiger charge is -2.39. The number of carbonyl (C=O) groups excluding carboxylic acids is 1. The van der Waals surface area contributed by atoms with Crippen LogP contribution in [0.2, 0.25) is 5.02 Å². The summed E-state index contributed by atoms with van der Waals surface area (Å²) in [4.78, 5) is 26.9. The van der Waals surface area contributed by atoms with E-state index < -0.39 is 5.54 Å². The number of hydrogen-bond acceptors (Lipinski definition) is 6. The number of nitrogens with zero attached hydrogens (tertiary/aromatic N) is 3. The van der Waals surface area contributed by atoms with Crippen LogP contribution < -0.4 is 16.0 Å². The zero-order chi connectivity index (χ0) is 22.6. The van der Waals surface area contributed by atoms with E-state index >= 15 is 0 Å². The Morgan fingerprint density at radius 3 is 2.72 bits per heavy atom. The van der Waals surface area contributed by atoms with E-state index in [1.54, 1.807) is 6.33 Å². The van der Waals surface area contributed by atoms with Crippen molar-refractivity contribution in [3.8, 4) is 0 Å². The Labute approximate surface area is 192 Å². The molecule has 1 atom stereocenters. The molecule has 0 bridgehead atoms. The molecule has 170 valence electrons. The minimum absolute atomic E-state index is 0.0751. The maximum Gasteiger partial charge on any atom is 0.222 e. The highest BCUT2D eigenvalue weighted by molar-refractivity contribution is 6.30. The number of carbonyl (C=O) groups is 1. The van der Waals surface area contributed by atoms with Crippen molar-refractivity contribution >= 4 is 34.4 Å². The SMILES string of the molecule is NC1(CC(=O)N[C@H](CCCO)c2ccc(Cl)cc2)CCN(c2ncnc3[nH]ccc23)CC1. The second-order valence-electron chi connectivity index (χ2n) is 8.50. The van der Waals surface area contributed by atoms with Crippen molar-refractivity contribution in [2.45, 2.75) is 43.7 Å². The first-order valence-electron chi connectivity index (χ1n) is 10.9. The molecule has 1 saturated heterocycles. The molecule has 3 aromatic rings. The number of halogens is 1. The number of nitrogens with one attached hydrogen (secondary N) is 2. The van der Waals surface area contributed by atoms with Crippen LogP contribution in [0.3, 0.4) is 0 Å². The summed E-state index contributed by atoms with van der Waals surface area (Å²) in [6, 6.07) is 9.23. The molecule has 0 spiro atoms. The monoisotopic (exact) mass is 456 g/mol. The van der Waals surface area contributed by atoms with Crippen LogP contribution in [0.1, 0.15) is 43.7 Å². The highest BCUT2D eigenvalue weighted by Gasteiger charge is 2.34. The number of fused-ring (bicyclic) bond motifs is 1. The molecule has 3 heterocycles. The maximum atomic E-state index is 12.9. The average molecular weight is 457 g/mol. The van der Waals surface area contributed by atoms with Gasteiger partial charge in [-0.2, -0.15) is 0 Å². The lowest BCUT2D eigenvalue weighted by Crippen LogP contribution is -2.53. The fourth-order valence-electron chi connectivity index (χ4n) is 4.33. The first-order chi connectivity index (χ1) is 15.5. The molecule has 0 aliphatic carbocycles. The van der Waals surface area contributed by atoms with Crippen molar-refractivity contribution in [2.24, 2.45) is 5.73 Å². The largest absolute Gasteiger partial charge is 0.396 e. The number of H-pyrrole nitrogens is 1. The van der Waals surface area contributed by atoms with Gasteiger partial charge in [0.2, 0.25) is 5.91 Å². The second kappa shape index (κ2) is 9.85. The first kappa shape index (κ1) is 22.5. The molecule has 0 saturated carbocycles. The smallest absolute Gasteiger partial charge is 0.222 e. The van der Waals surface area contributed by atoms with E-state index in [1.807, 2.05) is 36.5 Å². The molecule has 8 nitrogen and oxygen atoms in total. The summed E-state index contributed by atoms with van der Waals surface area (Å²) in [6.07, 6.45) is 6.32. The lowest BCUT2D eigenvalue weighted by molar-refractivity contribution is -0.123. The molecule has 2 aromatic heterocycles. The Morgan fingerprint density at radius 1 is 1.25 bits per heavy atom. The molecular formula is C23H29ClN6O2. The second-order valence-corrected chi connectivity index (χ2v) is 8.94. The summed E-state index contributed by atoms with van der Waals surface area (Å²) in [7, 11) is 0. The van der Waals surface area contributed by atoms with Crippen LogP contribution in [0.25, 0.3) is 11.0 Å². The van der Waals surface area contributed by atoms with E-state index in [4.69, 9.17) is 17.3 Å². The Kier molecular flexibility index (Phi) is 6.93. The van der Waals surface area contributed by atoms with Crippen molar-refractivity contribution in [1.82, 2.24) is 20.3 Å². The number of aliphatic hydroxyl groups excluding tert-OH is 1. The molecule has 4 rings (SSSR count). The highest BCUT2D eigenvalue weighted by Crippen LogP contribution is 2.30. The van der Waals surface area contributed by atoms with Crippen molar-refractivity contribution < 1.29 is 9.90 Å². The zero-order valence-electron chi connectivity index (χ0n) is 17.9. The van der Waals surface area contributed by atoms with Crippen LogP contribution >= 0.6 is 11.6 Å².